The number of piperidine rings is 1. The molecule has 5 nitrogen and oxygen atoms in total. The molecule has 0 aliphatic carbocycles. The molecular weight excluding hydrogens is 244 g/mol. The van der Waals surface area contributed by atoms with Gasteiger partial charge in [0.05, 0.1) is 5.92 Å². The van der Waals surface area contributed by atoms with Gasteiger partial charge in [0.15, 0.2) is 0 Å². The molecule has 5 heteroatoms. The summed E-state index contributed by atoms with van der Waals surface area (Å²) in [5.41, 5.74) is 1.31. The summed E-state index contributed by atoms with van der Waals surface area (Å²) >= 11 is 0. The lowest BCUT2D eigenvalue weighted by atomic mass is 9.87. The Balaban J connectivity index is 2.11. The Bertz CT molecular complexity index is 501. The van der Waals surface area contributed by atoms with E-state index in [1.165, 1.54) is 0 Å². The first-order chi connectivity index (χ1) is 9.00. The number of aryl methyl sites for hydroxylation is 1. The average Bonchev–Trinajstić information content (AvgIpc) is 2.38. The number of pyridine rings is 1. The van der Waals surface area contributed by atoms with Crippen molar-refractivity contribution in [2.24, 2.45) is 11.8 Å². The van der Waals surface area contributed by atoms with Crippen LogP contribution in [0.2, 0.25) is 0 Å². The Morgan fingerprint density at radius 3 is 2.79 bits per heavy atom. The second kappa shape index (κ2) is 5.38. The summed E-state index contributed by atoms with van der Waals surface area (Å²) < 4.78 is 0. The number of rotatable bonds is 2. The van der Waals surface area contributed by atoms with E-state index < -0.39 is 5.97 Å². The van der Waals surface area contributed by atoms with Crippen molar-refractivity contribution in [2.75, 3.05) is 13.1 Å². The van der Waals surface area contributed by atoms with Crippen molar-refractivity contribution in [3.63, 3.8) is 0 Å². The van der Waals surface area contributed by atoms with Crippen molar-refractivity contribution in [3.05, 3.63) is 29.6 Å². The van der Waals surface area contributed by atoms with Crippen LogP contribution in [0, 0.1) is 18.8 Å². The minimum Gasteiger partial charge on any atom is -0.481 e. The number of likely N-dealkylation sites (tertiary alicyclic amines) is 1. The molecule has 2 unspecified atom stereocenters. The first-order valence-electron chi connectivity index (χ1n) is 6.44. The number of hydrogen-bond donors (Lipinski definition) is 1. The third-order valence-electron chi connectivity index (χ3n) is 3.72. The smallest absolute Gasteiger partial charge is 0.306 e. The topological polar surface area (TPSA) is 70.5 Å². The summed E-state index contributed by atoms with van der Waals surface area (Å²) in [6, 6.07) is 3.65. The quantitative estimate of drug-likeness (QED) is 0.878. The molecule has 1 saturated heterocycles. The van der Waals surface area contributed by atoms with Gasteiger partial charge in [-0.15, -0.1) is 0 Å². The molecule has 1 fully saturated rings. The van der Waals surface area contributed by atoms with Crippen LogP contribution in [-0.4, -0.2) is 40.0 Å². The number of amides is 1. The highest BCUT2D eigenvalue weighted by molar-refractivity contribution is 5.93. The second-order valence-electron chi connectivity index (χ2n) is 5.13. The zero-order valence-corrected chi connectivity index (χ0v) is 11.2. The van der Waals surface area contributed by atoms with Gasteiger partial charge in [0.25, 0.3) is 5.91 Å². The molecule has 2 atom stereocenters. The highest BCUT2D eigenvalue weighted by atomic mass is 16.4. The summed E-state index contributed by atoms with van der Waals surface area (Å²) in [6.45, 7) is 4.69. The van der Waals surface area contributed by atoms with Crippen LogP contribution in [-0.2, 0) is 4.79 Å². The van der Waals surface area contributed by atoms with Gasteiger partial charge in [-0.1, -0.05) is 13.0 Å². The van der Waals surface area contributed by atoms with Crippen LogP contribution in [0.5, 0.6) is 0 Å². The van der Waals surface area contributed by atoms with Crippen molar-refractivity contribution in [2.45, 2.75) is 20.3 Å². The molecule has 0 bridgehead atoms. The van der Waals surface area contributed by atoms with E-state index in [4.69, 9.17) is 5.11 Å². The van der Waals surface area contributed by atoms with Gasteiger partial charge in [-0.3, -0.25) is 14.6 Å². The van der Waals surface area contributed by atoms with Crippen LogP contribution in [0.1, 0.15) is 29.4 Å². The minimum absolute atomic E-state index is 0.0285. The lowest BCUT2D eigenvalue weighted by Gasteiger charge is -2.34. The molecule has 1 N–H and O–H groups in total. The first kappa shape index (κ1) is 13.5. The van der Waals surface area contributed by atoms with Gasteiger partial charge in [0.2, 0.25) is 0 Å². The average molecular weight is 262 g/mol. The summed E-state index contributed by atoms with van der Waals surface area (Å²) in [5, 5.41) is 9.08. The van der Waals surface area contributed by atoms with Gasteiger partial charge in [-0.2, -0.15) is 0 Å². The zero-order valence-electron chi connectivity index (χ0n) is 11.2. The van der Waals surface area contributed by atoms with Gasteiger partial charge < -0.3 is 10.0 Å². The monoisotopic (exact) mass is 262 g/mol. The van der Waals surface area contributed by atoms with E-state index in [0.717, 1.165) is 5.56 Å². The van der Waals surface area contributed by atoms with E-state index in [9.17, 15) is 9.59 Å². The van der Waals surface area contributed by atoms with Gasteiger partial charge >= 0.3 is 5.97 Å². The Morgan fingerprint density at radius 2 is 2.21 bits per heavy atom. The molecule has 102 valence electrons. The summed E-state index contributed by atoms with van der Waals surface area (Å²) in [6.07, 6.45) is 2.11. The molecule has 1 aromatic rings. The Labute approximate surface area is 112 Å². The number of aliphatic carboxylic acids is 1. The maximum Gasteiger partial charge on any atom is 0.306 e. The van der Waals surface area contributed by atoms with Crippen LogP contribution in [0.15, 0.2) is 18.3 Å². The SMILES string of the molecule is Cc1cccnc1C(=O)N1CCC(C(=O)O)C(C)C1. The van der Waals surface area contributed by atoms with Crippen molar-refractivity contribution in [1.29, 1.82) is 0 Å². The maximum absolute atomic E-state index is 12.4. The fourth-order valence-corrected chi connectivity index (χ4v) is 2.56. The Morgan fingerprint density at radius 1 is 1.47 bits per heavy atom. The minimum atomic E-state index is -0.770. The summed E-state index contributed by atoms with van der Waals surface area (Å²) in [5.74, 6) is -1.25. The van der Waals surface area contributed by atoms with Crippen LogP contribution >= 0.6 is 0 Å². The lowest BCUT2D eigenvalue weighted by molar-refractivity contribution is -0.145. The molecule has 2 rings (SSSR count). The highest BCUT2D eigenvalue weighted by Gasteiger charge is 2.33. The van der Waals surface area contributed by atoms with E-state index in [1.54, 1.807) is 17.2 Å². The van der Waals surface area contributed by atoms with Gasteiger partial charge in [0.1, 0.15) is 5.69 Å². The largest absolute Gasteiger partial charge is 0.481 e. The van der Waals surface area contributed by atoms with Crippen LogP contribution in [0.4, 0.5) is 0 Å². The van der Waals surface area contributed by atoms with E-state index in [2.05, 4.69) is 4.98 Å². The molecule has 0 aromatic carbocycles. The first-order valence-corrected chi connectivity index (χ1v) is 6.44. The fourth-order valence-electron chi connectivity index (χ4n) is 2.56. The lowest BCUT2D eigenvalue weighted by Crippen LogP contribution is -2.45. The normalized spacial score (nSPS) is 23.2. The number of carboxylic acid groups (broad SMARTS) is 1. The highest BCUT2D eigenvalue weighted by Crippen LogP contribution is 2.24. The molecule has 1 aliphatic rings. The molecule has 2 heterocycles. The Hall–Kier alpha value is -1.91. The zero-order chi connectivity index (χ0) is 14.0. The molecule has 0 spiro atoms. The second-order valence-corrected chi connectivity index (χ2v) is 5.13. The molecule has 1 aliphatic heterocycles. The molecule has 0 radical (unpaired) electrons. The standard InChI is InChI=1S/C14H18N2O3/c1-9-4-3-6-15-12(9)13(17)16-7-5-11(14(18)19)10(2)8-16/h3-4,6,10-11H,5,7-8H2,1-2H3,(H,18,19). The molecule has 1 aromatic heterocycles. The number of carbonyl (C=O) groups excluding carboxylic acids is 1. The number of hydrogen-bond acceptors (Lipinski definition) is 3. The summed E-state index contributed by atoms with van der Waals surface area (Å²) in [7, 11) is 0. The maximum atomic E-state index is 12.4. The van der Waals surface area contributed by atoms with Crippen molar-refractivity contribution in [3.8, 4) is 0 Å². The molecule has 0 saturated carbocycles. The number of nitrogens with zero attached hydrogens (tertiary/aromatic N) is 2. The third kappa shape index (κ3) is 2.75. The number of carbonyl (C=O) groups is 2. The van der Waals surface area contributed by atoms with E-state index in [0.29, 0.717) is 25.2 Å². The molecule has 19 heavy (non-hydrogen) atoms. The van der Waals surface area contributed by atoms with E-state index in [-0.39, 0.29) is 17.7 Å². The summed E-state index contributed by atoms with van der Waals surface area (Å²) in [4.78, 5) is 29.2. The van der Waals surface area contributed by atoms with Crippen molar-refractivity contribution < 1.29 is 14.7 Å². The van der Waals surface area contributed by atoms with Crippen molar-refractivity contribution in [1.82, 2.24) is 9.88 Å². The van der Waals surface area contributed by atoms with E-state index in [1.807, 2.05) is 19.9 Å². The Kier molecular flexibility index (Phi) is 3.83. The third-order valence-corrected chi connectivity index (χ3v) is 3.72. The molecular formula is C14H18N2O3. The van der Waals surface area contributed by atoms with Crippen LogP contribution < -0.4 is 0 Å². The number of carboxylic acids is 1. The molecule has 1 amide bonds. The predicted octanol–water partition coefficient (Wildman–Crippen LogP) is 1.57. The van der Waals surface area contributed by atoms with Crippen molar-refractivity contribution >= 4 is 11.9 Å². The fraction of sp³-hybridized carbons (Fsp3) is 0.500. The van der Waals surface area contributed by atoms with E-state index >= 15 is 0 Å². The van der Waals surface area contributed by atoms with Crippen LogP contribution in [0.3, 0.4) is 0 Å². The van der Waals surface area contributed by atoms with Gasteiger partial charge in [0, 0.05) is 19.3 Å². The number of aromatic nitrogens is 1. The van der Waals surface area contributed by atoms with Crippen LogP contribution in [0.25, 0.3) is 0 Å². The predicted molar refractivity (Wildman–Crippen MR) is 69.8 cm³/mol. The van der Waals surface area contributed by atoms with Gasteiger partial charge in [-0.05, 0) is 30.9 Å². The van der Waals surface area contributed by atoms with Gasteiger partial charge in [-0.25, -0.2) is 0 Å².